The lowest BCUT2D eigenvalue weighted by molar-refractivity contribution is -0.133. The average molecular weight is 346 g/mol. The molecule has 0 aromatic heterocycles. The third-order valence-corrected chi connectivity index (χ3v) is 4.36. The summed E-state index contributed by atoms with van der Waals surface area (Å²) in [6, 6.07) is 7.39. The molecule has 0 saturated heterocycles. The van der Waals surface area contributed by atoms with Crippen LogP contribution in [0, 0.1) is 5.92 Å². The predicted molar refractivity (Wildman–Crippen MR) is 94.4 cm³/mol. The molecule has 0 bridgehead atoms. The summed E-state index contributed by atoms with van der Waals surface area (Å²) >= 11 is 0. The van der Waals surface area contributed by atoms with Crippen LogP contribution >= 0.6 is 0 Å². The molecule has 1 heterocycles. The quantitative estimate of drug-likeness (QED) is 0.663. The molecule has 1 aromatic rings. The van der Waals surface area contributed by atoms with Gasteiger partial charge in [0.15, 0.2) is 0 Å². The van der Waals surface area contributed by atoms with Crippen LogP contribution in [0.4, 0.5) is 0 Å². The van der Waals surface area contributed by atoms with Gasteiger partial charge in [-0.1, -0.05) is 38.1 Å². The molecule has 25 heavy (non-hydrogen) atoms. The van der Waals surface area contributed by atoms with Gasteiger partial charge < -0.3 is 21.3 Å². The molecule has 1 atom stereocenters. The highest BCUT2D eigenvalue weighted by atomic mass is 16.2. The van der Waals surface area contributed by atoms with Gasteiger partial charge in [-0.25, -0.2) is 0 Å². The fourth-order valence-corrected chi connectivity index (χ4v) is 2.65. The summed E-state index contributed by atoms with van der Waals surface area (Å²) in [7, 11) is 0. The van der Waals surface area contributed by atoms with Crippen LogP contribution < -0.4 is 16.4 Å². The summed E-state index contributed by atoms with van der Waals surface area (Å²) in [5.74, 6) is -0.918. The minimum Gasteiger partial charge on any atom is -0.346 e. The Morgan fingerprint density at radius 2 is 1.80 bits per heavy atom. The number of nitrogens with one attached hydrogen (secondary N) is 2. The number of hydrogen-bond donors (Lipinski definition) is 3. The minimum absolute atomic E-state index is 0.00776. The van der Waals surface area contributed by atoms with Crippen LogP contribution in [0.3, 0.4) is 0 Å². The molecule has 1 aliphatic rings. The van der Waals surface area contributed by atoms with Gasteiger partial charge in [-0.3, -0.25) is 14.4 Å². The first-order valence-electron chi connectivity index (χ1n) is 8.53. The molecule has 7 heteroatoms. The second-order valence-corrected chi connectivity index (χ2v) is 6.60. The number of carbonyl (C=O) groups excluding carboxylic acids is 3. The van der Waals surface area contributed by atoms with Crippen molar-refractivity contribution in [2.24, 2.45) is 11.7 Å². The van der Waals surface area contributed by atoms with Gasteiger partial charge >= 0.3 is 0 Å². The molecule has 0 unspecified atom stereocenters. The van der Waals surface area contributed by atoms with Crippen LogP contribution in [-0.4, -0.2) is 48.3 Å². The van der Waals surface area contributed by atoms with E-state index in [-0.39, 0.29) is 30.8 Å². The van der Waals surface area contributed by atoms with Crippen molar-refractivity contribution in [3.8, 4) is 0 Å². The fourth-order valence-electron chi connectivity index (χ4n) is 2.65. The molecule has 0 radical (unpaired) electrons. The largest absolute Gasteiger partial charge is 0.346 e. The molecule has 0 saturated carbocycles. The number of fused-ring (bicyclic) bond motifs is 1. The second kappa shape index (κ2) is 8.62. The maximum absolute atomic E-state index is 12.3. The minimum atomic E-state index is -0.650. The third-order valence-electron chi connectivity index (χ3n) is 4.36. The standard InChI is InChI=1S/C18H26N4O3/c1-12(2)17(19)18(25)21-9-15(23)20-10-16(24)22-8-7-13-5-3-4-6-14(13)11-22/h3-6,12,17H,7-11,19H2,1-2H3,(H,20,23)(H,21,25)/t17-/m0/s1. The van der Waals surface area contributed by atoms with E-state index >= 15 is 0 Å². The number of nitrogens with two attached hydrogens (primary N) is 1. The third kappa shape index (κ3) is 5.29. The number of hydrogen-bond acceptors (Lipinski definition) is 4. The maximum Gasteiger partial charge on any atom is 0.242 e. The van der Waals surface area contributed by atoms with E-state index in [1.165, 1.54) is 5.56 Å². The van der Waals surface area contributed by atoms with E-state index in [0.29, 0.717) is 13.1 Å². The summed E-state index contributed by atoms with van der Waals surface area (Å²) in [5, 5.41) is 5.02. The van der Waals surface area contributed by atoms with Crippen molar-refractivity contribution in [2.75, 3.05) is 19.6 Å². The molecule has 136 valence electrons. The van der Waals surface area contributed by atoms with Gasteiger partial charge in [0.05, 0.1) is 19.1 Å². The van der Waals surface area contributed by atoms with Gasteiger partial charge in [0.2, 0.25) is 17.7 Å². The predicted octanol–water partition coefficient (Wildman–Crippen LogP) is -0.213. The first kappa shape index (κ1) is 18.9. The zero-order valence-electron chi connectivity index (χ0n) is 14.7. The van der Waals surface area contributed by atoms with E-state index in [2.05, 4.69) is 16.7 Å². The van der Waals surface area contributed by atoms with Gasteiger partial charge in [-0.05, 0) is 23.5 Å². The average Bonchev–Trinajstić information content (AvgIpc) is 2.62. The van der Waals surface area contributed by atoms with E-state index in [1.807, 2.05) is 32.0 Å². The summed E-state index contributed by atoms with van der Waals surface area (Å²) in [6.45, 7) is 4.61. The molecular formula is C18H26N4O3. The highest BCUT2D eigenvalue weighted by Crippen LogP contribution is 2.18. The van der Waals surface area contributed by atoms with Crippen molar-refractivity contribution in [1.82, 2.24) is 15.5 Å². The summed E-state index contributed by atoms with van der Waals surface area (Å²) in [6.07, 6.45) is 0.818. The van der Waals surface area contributed by atoms with Crippen molar-refractivity contribution in [3.05, 3.63) is 35.4 Å². The van der Waals surface area contributed by atoms with E-state index in [1.54, 1.807) is 4.90 Å². The summed E-state index contributed by atoms with van der Waals surface area (Å²) < 4.78 is 0. The molecule has 3 amide bonds. The monoisotopic (exact) mass is 346 g/mol. The number of rotatable bonds is 6. The Kier molecular flexibility index (Phi) is 6.52. The Labute approximate surface area is 147 Å². The lowest BCUT2D eigenvalue weighted by atomic mass is 10.00. The van der Waals surface area contributed by atoms with Crippen LogP contribution in [0.15, 0.2) is 24.3 Å². The molecule has 0 aliphatic carbocycles. The first-order valence-corrected chi connectivity index (χ1v) is 8.53. The summed E-state index contributed by atoms with van der Waals surface area (Å²) in [4.78, 5) is 37.5. The number of amides is 3. The van der Waals surface area contributed by atoms with Gasteiger partial charge in [0, 0.05) is 13.1 Å². The number of benzene rings is 1. The smallest absolute Gasteiger partial charge is 0.242 e. The van der Waals surface area contributed by atoms with E-state index in [0.717, 1.165) is 12.0 Å². The summed E-state index contributed by atoms with van der Waals surface area (Å²) in [5.41, 5.74) is 8.11. The fraction of sp³-hybridized carbons (Fsp3) is 0.500. The Morgan fingerprint density at radius 3 is 2.48 bits per heavy atom. The van der Waals surface area contributed by atoms with Crippen LogP contribution in [0.5, 0.6) is 0 Å². The highest BCUT2D eigenvalue weighted by Gasteiger charge is 2.21. The van der Waals surface area contributed by atoms with E-state index < -0.39 is 11.9 Å². The van der Waals surface area contributed by atoms with Crippen LogP contribution in [0.1, 0.15) is 25.0 Å². The van der Waals surface area contributed by atoms with Gasteiger partial charge in [-0.2, -0.15) is 0 Å². The Bertz CT molecular complexity index is 645. The van der Waals surface area contributed by atoms with Crippen molar-refractivity contribution in [3.63, 3.8) is 0 Å². The Balaban J connectivity index is 1.73. The van der Waals surface area contributed by atoms with Crippen molar-refractivity contribution >= 4 is 17.7 Å². The zero-order chi connectivity index (χ0) is 18.4. The van der Waals surface area contributed by atoms with Crippen LogP contribution in [0.25, 0.3) is 0 Å². The molecule has 2 rings (SSSR count). The Morgan fingerprint density at radius 1 is 1.12 bits per heavy atom. The van der Waals surface area contributed by atoms with Gasteiger partial charge in [0.25, 0.3) is 0 Å². The SMILES string of the molecule is CC(C)[C@H](N)C(=O)NCC(=O)NCC(=O)N1CCc2ccccc2C1. The number of nitrogens with zero attached hydrogens (tertiary/aromatic N) is 1. The van der Waals surface area contributed by atoms with Gasteiger partial charge in [0.1, 0.15) is 0 Å². The molecule has 0 spiro atoms. The van der Waals surface area contributed by atoms with Crippen molar-refractivity contribution < 1.29 is 14.4 Å². The second-order valence-electron chi connectivity index (χ2n) is 6.60. The first-order chi connectivity index (χ1) is 11.9. The normalized spacial score (nSPS) is 14.6. The van der Waals surface area contributed by atoms with E-state index in [9.17, 15) is 14.4 Å². The lowest BCUT2D eigenvalue weighted by Crippen LogP contribution is -2.48. The van der Waals surface area contributed by atoms with Gasteiger partial charge in [-0.15, -0.1) is 0 Å². The molecule has 1 aromatic carbocycles. The van der Waals surface area contributed by atoms with Crippen LogP contribution in [-0.2, 0) is 27.3 Å². The van der Waals surface area contributed by atoms with Crippen molar-refractivity contribution in [2.45, 2.75) is 32.9 Å². The number of carbonyl (C=O) groups is 3. The maximum atomic E-state index is 12.3. The topological polar surface area (TPSA) is 105 Å². The lowest BCUT2D eigenvalue weighted by Gasteiger charge is -2.29. The zero-order valence-corrected chi connectivity index (χ0v) is 14.7. The molecule has 4 N–H and O–H groups in total. The molecular weight excluding hydrogens is 320 g/mol. The van der Waals surface area contributed by atoms with Crippen LogP contribution in [0.2, 0.25) is 0 Å². The van der Waals surface area contributed by atoms with Crippen molar-refractivity contribution in [1.29, 1.82) is 0 Å². The highest BCUT2D eigenvalue weighted by molar-refractivity contribution is 5.89. The molecule has 0 fully saturated rings. The van der Waals surface area contributed by atoms with E-state index in [4.69, 9.17) is 5.73 Å². The Hall–Kier alpha value is -2.41. The molecule has 1 aliphatic heterocycles. The molecule has 7 nitrogen and oxygen atoms in total.